The minimum atomic E-state index is -0.944. The standard InChI is InChI=1S/C6H12O5/c1-9-4-11-5(3-7)6(8)10-2/h5,7H,3-4H2,1-2H3. The molecule has 0 heterocycles. The maximum atomic E-state index is 10.7. The average molecular weight is 164 g/mol. The first-order valence-electron chi connectivity index (χ1n) is 3.05. The molecule has 5 heteroatoms. The van der Waals surface area contributed by atoms with Gasteiger partial charge in [0.25, 0.3) is 0 Å². The number of esters is 1. The van der Waals surface area contributed by atoms with Crippen molar-refractivity contribution < 1.29 is 24.1 Å². The zero-order valence-electron chi connectivity index (χ0n) is 6.57. The third-order valence-electron chi connectivity index (χ3n) is 1.02. The van der Waals surface area contributed by atoms with Crippen LogP contribution in [-0.4, -0.2) is 44.8 Å². The molecule has 0 aliphatic carbocycles. The van der Waals surface area contributed by atoms with Gasteiger partial charge < -0.3 is 19.3 Å². The van der Waals surface area contributed by atoms with Crippen LogP contribution >= 0.6 is 0 Å². The van der Waals surface area contributed by atoms with Crippen molar-refractivity contribution in [2.45, 2.75) is 6.10 Å². The molecule has 0 radical (unpaired) electrons. The Kier molecular flexibility index (Phi) is 5.73. The lowest BCUT2D eigenvalue weighted by Gasteiger charge is -2.11. The Morgan fingerprint density at radius 1 is 1.55 bits per heavy atom. The predicted molar refractivity (Wildman–Crippen MR) is 35.9 cm³/mol. The van der Waals surface area contributed by atoms with Crippen molar-refractivity contribution in [3.63, 3.8) is 0 Å². The van der Waals surface area contributed by atoms with Crippen molar-refractivity contribution in [1.29, 1.82) is 0 Å². The van der Waals surface area contributed by atoms with Crippen LogP contribution in [0.3, 0.4) is 0 Å². The zero-order valence-corrected chi connectivity index (χ0v) is 6.57. The van der Waals surface area contributed by atoms with E-state index in [9.17, 15) is 4.79 Å². The lowest BCUT2D eigenvalue weighted by Crippen LogP contribution is -2.29. The highest BCUT2D eigenvalue weighted by atomic mass is 16.7. The molecule has 11 heavy (non-hydrogen) atoms. The normalized spacial score (nSPS) is 12.6. The number of carbonyl (C=O) groups is 1. The zero-order chi connectivity index (χ0) is 8.69. The Balaban J connectivity index is 3.65. The minimum absolute atomic E-state index is 0.0413. The molecule has 1 N–H and O–H groups in total. The maximum absolute atomic E-state index is 10.7. The van der Waals surface area contributed by atoms with Crippen molar-refractivity contribution in [2.75, 3.05) is 27.6 Å². The predicted octanol–water partition coefficient (Wildman–Crippen LogP) is -0.859. The highest BCUT2D eigenvalue weighted by Crippen LogP contribution is 1.93. The molecule has 0 aromatic carbocycles. The quantitative estimate of drug-likeness (QED) is 0.423. The highest BCUT2D eigenvalue weighted by molar-refractivity contribution is 5.74. The first-order valence-corrected chi connectivity index (χ1v) is 3.05. The average Bonchev–Trinajstić information content (AvgIpc) is 2.05. The van der Waals surface area contributed by atoms with E-state index in [1.807, 2.05) is 0 Å². The summed E-state index contributed by atoms with van der Waals surface area (Å²) >= 11 is 0. The van der Waals surface area contributed by atoms with Crippen LogP contribution in [-0.2, 0) is 19.0 Å². The largest absolute Gasteiger partial charge is 0.467 e. The van der Waals surface area contributed by atoms with E-state index in [0.717, 1.165) is 0 Å². The molecule has 0 amide bonds. The molecule has 5 nitrogen and oxygen atoms in total. The molecule has 0 aromatic heterocycles. The molecule has 0 aliphatic heterocycles. The summed E-state index contributed by atoms with van der Waals surface area (Å²) in [7, 11) is 2.65. The Bertz CT molecular complexity index is 114. The van der Waals surface area contributed by atoms with E-state index < -0.39 is 18.7 Å². The summed E-state index contributed by atoms with van der Waals surface area (Å²) in [4.78, 5) is 10.7. The molecule has 0 aromatic rings. The summed E-state index contributed by atoms with van der Waals surface area (Å²) in [5.41, 5.74) is 0. The van der Waals surface area contributed by atoms with Gasteiger partial charge in [-0.25, -0.2) is 4.79 Å². The van der Waals surface area contributed by atoms with Gasteiger partial charge in [0, 0.05) is 7.11 Å². The molecule has 0 bridgehead atoms. The molecular weight excluding hydrogens is 152 g/mol. The fourth-order valence-electron chi connectivity index (χ4n) is 0.477. The number of hydrogen-bond donors (Lipinski definition) is 1. The molecule has 0 spiro atoms. The van der Waals surface area contributed by atoms with Gasteiger partial charge in [0.15, 0.2) is 6.10 Å². The van der Waals surface area contributed by atoms with Gasteiger partial charge in [-0.1, -0.05) is 0 Å². The Labute approximate surface area is 64.9 Å². The van der Waals surface area contributed by atoms with Gasteiger partial charge in [-0.3, -0.25) is 0 Å². The molecule has 0 saturated carbocycles. The number of methoxy groups -OCH3 is 2. The van der Waals surface area contributed by atoms with E-state index in [4.69, 9.17) is 9.84 Å². The van der Waals surface area contributed by atoms with Gasteiger partial charge in [-0.05, 0) is 0 Å². The Hall–Kier alpha value is -0.650. The highest BCUT2D eigenvalue weighted by Gasteiger charge is 2.17. The van der Waals surface area contributed by atoms with Gasteiger partial charge >= 0.3 is 5.97 Å². The van der Waals surface area contributed by atoms with Gasteiger partial charge in [0.05, 0.1) is 13.7 Å². The van der Waals surface area contributed by atoms with E-state index in [0.29, 0.717) is 0 Å². The van der Waals surface area contributed by atoms with E-state index >= 15 is 0 Å². The van der Waals surface area contributed by atoms with E-state index in [-0.39, 0.29) is 6.79 Å². The van der Waals surface area contributed by atoms with Crippen molar-refractivity contribution in [1.82, 2.24) is 0 Å². The summed E-state index contributed by atoms with van der Waals surface area (Å²) in [5, 5.41) is 8.57. The third-order valence-corrected chi connectivity index (χ3v) is 1.02. The van der Waals surface area contributed by atoms with Crippen LogP contribution in [0, 0.1) is 0 Å². The summed E-state index contributed by atoms with van der Waals surface area (Å²) in [5.74, 6) is -0.607. The number of hydrogen-bond acceptors (Lipinski definition) is 5. The molecule has 1 atom stereocenters. The molecule has 1 unspecified atom stereocenters. The van der Waals surface area contributed by atoms with Crippen LogP contribution < -0.4 is 0 Å². The minimum Gasteiger partial charge on any atom is -0.467 e. The molecular formula is C6H12O5. The number of aliphatic hydroxyl groups is 1. The Morgan fingerprint density at radius 3 is 2.55 bits per heavy atom. The van der Waals surface area contributed by atoms with Crippen LogP contribution in [0.15, 0.2) is 0 Å². The van der Waals surface area contributed by atoms with Gasteiger partial charge in [0.2, 0.25) is 0 Å². The third kappa shape index (κ3) is 3.92. The first kappa shape index (κ1) is 10.3. The van der Waals surface area contributed by atoms with Gasteiger partial charge in [-0.15, -0.1) is 0 Å². The van der Waals surface area contributed by atoms with Crippen LogP contribution in [0.25, 0.3) is 0 Å². The number of rotatable bonds is 5. The molecule has 66 valence electrons. The molecule has 0 aliphatic rings. The van der Waals surface area contributed by atoms with Gasteiger partial charge in [-0.2, -0.15) is 0 Å². The van der Waals surface area contributed by atoms with Crippen molar-refractivity contribution in [3.8, 4) is 0 Å². The first-order chi connectivity index (χ1) is 5.26. The second kappa shape index (κ2) is 6.09. The lowest BCUT2D eigenvalue weighted by molar-refractivity contribution is -0.165. The van der Waals surface area contributed by atoms with Crippen LogP contribution in [0.5, 0.6) is 0 Å². The van der Waals surface area contributed by atoms with Crippen LogP contribution in [0.1, 0.15) is 0 Å². The molecule has 0 fully saturated rings. The van der Waals surface area contributed by atoms with Crippen molar-refractivity contribution in [2.24, 2.45) is 0 Å². The summed E-state index contributed by atoms with van der Waals surface area (Å²) in [6.07, 6.45) is -0.944. The molecule has 0 saturated heterocycles. The summed E-state index contributed by atoms with van der Waals surface area (Å²) in [6, 6.07) is 0. The Morgan fingerprint density at radius 2 is 2.18 bits per heavy atom. The van der Waals surface area contributed by atoms with Crippen LogP contribution in [0.2, 0.25) is 0 Å². The number of carbonyl (C=O) groups excluding carboxylic acids is 1. The number of ether oxygens (including phenoxy) is 3. The smallest absolute Gasteiger partial charge is 0.337 e. The molecule has 0 rings (SSSR count). The SMILES string of the molecule is COCOC(CO)C(=O)OC. The lowest BCUT2D eigenvalue weighted by atomic mass is 10.4. The fourth-order valence-corrected chi connectivity index (χ4v) is 0.477. The van der Waals surface area contributed by atoms with E-state index in [1.54, 1.807) is 0 Å². The second-order valence-corrected chi connectivity index (χ2v) is 1.77. The second-order valence-electron chi connectivity index (χ2n) is 1.77. The van der Waals surface area contributed by atoms with E-state index in [2.05, 4.69) is 9.47 Å². The summed E-state index contributed by atoms with van der Waals surface area (Å²) in [6.45, 7) is -0.448. The van der Waals surface area contributed by atoms with Crippen molar-refractivity contribution >= 4 is 5.97 Å². The van der Waals surface area contributed by atoms with Gasteiger partial charge in [0.1, 0.15) is 6.79 Å². The van der Waals surface area contributed by atoms with Crippen LogP contribution in [0.4, 0.5) is 0 Å². The van der Waals surface area contributed by atoms with Crippen molar-refractivity contribution in [3.05, 3.63) is 0 Å². The fraction of sp³-hybridized carbons (Fsp3) is 0.833. The number of aliphatic hydroxyl groups excluding tert-OH is 1. The maximum Gasteiger partial charge on any atom is 0.337 e. The summed E-state index contributed by atoms with van der Waals surface area (Å²) < 4.78 is 13.6. The topological polar surface area (TPSA) is 65.0 Å². The van der Waals surface area contributed by atoms with E-state index in [1.165, 1.54) is 14.2 Å². The monoisotopic (exact) mass is 164 g/mol.